The average Bonchev–Trinajstić information content (AvgIpc) is 3.48. The Hall–Kier alpha value is -3.83. The van der Waals surface area contributed by atoms with Crippen LogP contribution >= 0.6 is 34.8 Å². The van der Waals surface area contributed by atoms with Gasteiger partial charge in [-0.25, -0.2) is 4.79 Å². The molecule has 262 valence electrons. The number of amides is 4. The molecular formula is C36H41Cl3N4O6. The number of likely N-dealkylation sites (N-methyl/N-ethyl adjacent to an activating group) is 1. The molecule has 49 heavy (non-hydrogen) atoms. The maximum Gasteiger partial charge on any atom is 0.408 e. The number of alkyl carbamates (subject to hydrolysis) is 1. The Bertz CT molecular complexity index is 1640. The van der Waals surface area contributed by atoms with Gasteiger partial charge in [-0.15, -0.1) is 0 Å². The summed E-state index contributed by atoms with van der Waals surface area (Å²) in [4.78, 5) is 52.9. The number of hydrogen-bond acceptors (Lipinski definition) is 6. The second-order valence-corrected chi connectivity index (χ2v) is 13.8. The Labute approximate surface area is 301 Å². The zero-order valence-corrected chi connectivity index (χ0v) is 29.7. The van der Waals surface area contributed by atoms with E-state index in [1.165, 1.54) is 0 Å². The summed E-state index contributed by atoms with van der Waals surface area (Å²) in [7, 11) is 0. The van der Waals surface area contributed by atoms with Crippen LogP contribution in [0.15, 0.2) is 72.8 Å². The third kappa shape index (κ3) is 10.1. The van der Waals surface area contributed by atoms with E-state index in [-0.39, 0.29) is 30.3 Å². The zero-order valence-electron chi connectivity index (χ0n) is 27.5. The molecule has 2 unspecified atom stereocenters. The number of carbonyl (C=O) groups is 4. The Morgan fingerprint density at radius 3 is 2.33 bits per heavy atom. The summed E-state index contributed by atoms with van der Waals surface area (Å²) in [6.07, 6.45) is -2.91. The van der Waals surface area contributed by atoms with E-state index in [2.05, 4.69) is 21.3 Å². The van der Waals surface area contributed by atoms with Crippen molar-refractivity contribution in [2.45, 2.75) is 69.7 Å². The molecule has 0 aromatic heterocycles. The minimum Gasteiger partial charge on any atom is -0.440 e. The first-order valence-corrected chi connectivity index (χ1v) is 17.2. The molecule has 1 heterocycles. The maximum atomic E-state index is 14.0. The van der Waals surface area contributed by atoms with Gasteiger partial charge in [0, 0.05) is 35.9 Å². The van der Waals surface area contributed by atoms with Crippen LogP contribution in [-0.2, 0) is 31.0 Å². The largest absolute Gasteiger partial charge is 0.440 e. The number of aliphatic hydroxyl groups excluding tert-OH is 1. The van der Waals surface area contributed by atoms with Crippen molar-refractivity contribution < 1.29 is 29.0 Å². The van der Waals surface area contributed by atoms with E-state index in [9.17, 15) is 24.3 Å². The lowest BCUT2D eigenvalue weighted by Crippen LogP contribution is -2.57. The molecule has 4 rings (SSSR count). The third-order valence-corrected chi connectivity index (χ3v) is 9.59. The van der Waals surface area contributed by atoms with Crippen molar-refractivity contribution >= 4 is 58.6 Å². The molecule has 1 aliphatic rings. The maximum absolute atomic E-state index is 14.0. The van der Waals surface area contributed by atoms with Gasteiger partial charge in [0.1, 0.15) is 12.1 Å². The van der Waals surface area contributed by atoms with E-state index in [4.69, 9.17) is 39.5 Å². The molecule has 1 aliphatic heterocycles. The number of benzene rings is 3. The molecule has 0 spiro atoms. The summed E-state index contributed by atoms with van der Waals surface area (Å²) >= 11 is 18.7. The molecule has 5 N–H and O–H groups in total. The van der Waals surface area contributed by atoms with Gasteiger partial charge in [0.25, 0.3) is 5.91 Å². The lowest BCUT2D eigenvalue weighted by Gasteiger charge is -2.35. The molecule has 0 saturated carbocycles. The number of nitrogens with one attached hydrogen (secondary N) is 4. The first-order valence-electron chi connectivity index (χ1n) is 16.1. The molecule has 3 aromatic rings. The second-order valence-electron chi connectivity index (χ2n) is 12.5. The topological polar surface area (TPSA) is 146 Å². The van der Waals surface area contributed by atoms with Crippen molar-refractivity contribution in [3.8, 4) is 0 Å². The SMILES string of the molecule is CCNC(=O)C(O)[C@H](C[C@@H]1CCNC1=O)NC(=O)[C@H](Cc1ccc(Cl)c(Cl)c1)NC(=O)OC(c1ccccc1)C(C)(C)c1cccc(Cl)c1. The predicted octanol–water partition coefficient (Wildman–Crippen LogP) is 5.51. The third-order valence-electron chi connectivity index (χ3n) is 8.61. The molecule has 1 saturated heterocycles. The van der Waals surface area contributed by atoms with Crippen molar-refractivity contribution in [2.24, 2.45) is 5.92 Å². The van der Waals surface area contributed by atoms with Crippen molar-refractivity contribution in [3.05, 3.63) is 105 Å². The van der Waals surface area contributed by atoms with Gasteiger partial charge in [0.2, 0.25) is 11.8 Å². The normalized spacial score (nSPS) is 16.9. The van der Waals surface area contributed by atoms with Gasteiger partial charge < -0.3 is 31.1 Å². The van der Waals surface area contributed by atoms with Crippen molar-refractivity contribution in [1.82, 2.24) is 21.3 Å². The second kappa shape index (κ2) is 17.2. The molecule has 4 amide bonds. The molecule has 5 atom stereocenters. The van der Waals surface area contributed by atoms with Crippen LogP contribution in [0.2, 0.25) is 15.1 Å². The van der Waals surface area contributed by atoms with Crippen LogP contribution < -0.4 is 21.3 Å². The highest BCUT2D eigenvalue weighted by Crippen LogP contribution is 2.40. The minimum atomic E-state index is -1.66. The Morgan fingerprint density at radius 1 is 0.959 bits per heavy atom. The molecule has 0 bridgehead atoms. The van der Waals surface area contributed by atoms with Gasteiger partial charge in [-0.2, -0.15) is 0 Å². The Kier molecular flexibility index (Phi) is 13.3. The molecular weight excluding hydrogens is 691 g/mol. The highest BCUT2D eigenvalue weighted by Gasteiger charge is 2.38. The number of carbonyl (C=O) groups excluding carboxylic acids is 4. The van der Waals surface area contributed by atoms with Crippen LogP contribution in [0.25, 0.3) is 0 Å². The van der Waals surface area contributed by atoms with Gasteiger partial charge in [0.15, 0.2) is 6.10 Å². The van der Waals surface area contributed by atoms with E-state index in [1.54, 1.807) is 31.2 Å². The molecule has 10 nitrogen and oxygen atoms in total. The lowest BCUT2D eigenvalue weighted by molar-refractivity contribution is -0.134. The van der Waals surface area contributed by atoms with Crippen LogP contribution in [0.4, 0.5) is 4.79 Å². The van der Waals surface area contributed by atoms with Crippen molar-refractivity contribution in [2.75, 3.05) is 13.1 Å². The van der Waals surface area contributed by atoms with E-state index in [0.29, 0.717) is 34.1 Å². The lowest BCUT2D eigenvalue weighted by atomic mass is 9.76. The molecule has 3 aromatic carbocycles. The zero-order chi connectivity index (χ0) is 35.7. The fourth-order valence-electron chi connectivity index (χ4n) is 5.88. The van der Waals surface area contributed by atoms with Gasteiger partial charge >= 0.3 is 6.09 Å². The van der Waals surface area contributed by atoms with Gasteiger partial charge in [-0.1, -0.05) is 97.2 Å². The average molecular weight is 732 g/mol. The number of rotatable bonds is 14. The summed E-state index contributed by atoms with van der Waals surface area (Å²) in [5.41, 5.74) is 1.34. The molecule has 0 radical (unpaired) electrons. The van der Waals surface area contributed by atoms with Crippen molar-refractivity contribution in [3.63, 3.8) is 0 Å². The van der Waals surface area contributed by atoms with Gasteiger partial charge in [-0.05, 0) is 60.7 Å². The number of hydrogen-bond donors (Lipinski definition) is 5. The fourth-order valence-corrected chi connectivity index (χ4v) is 6.39. The van der Waals surface area contributed by atoms with Crippen LogP contribution in [0.3, 0.4) is 0 Å². The number of ether oxygens (including phenoxy) is 1. The molecule has 0 aliphatic carbocycles. The minimum absolute atomic E-state index is 0.00369. The van der Waals surface area contributed by atoms with Crippen LogP contribution in [-0.4, -0.2) is 60.2 Å². The Morgan fingerprint density at radius 2 is 1.69 bits per heavy atom. The number of aliphatic hydroxyl groups is 1. The van der Waals surface area contributed by atoms with E-state index >= 15 is 0 Å². The summed E-state index contributed by atoms with van der Waals surface area (Å²) in [6, 6.07) is 18.9. The van der Waals surface area contributed by atoms with Gasteiger partial charge in [-0.3, -0.25) is 14.4 Å². The fraction of sp³-hybridized carbons (Fsp3) is 0.389. The van der Waals surface area contributed by atoms with Crippen LogP contribution in [0.1, 0.15) is 56.4 Å². The van der Waals surface area contributed by atoms with Crippen molar-refractivity contribution in [1.29, 1.82) is 0 Å². The quantitative estimate of drug-likeness (QED) is 0.148. The summed E-state index contributed by atoms with van der Waals surface area (Å²) in [5, 5.41) is 22.8. The summed E-state index contributed by atoms with van der Waals surface area (Å²) < 4.78 is 6.11. The number of halogens is 3. The first-order chi connectivity index (χ1) is 23.3. The van der Waals surface area contributed by atoms with Gasteiger partial charge in [0.05, 0.1) is 16.1 Å². The first kappa shape index (κ1) is 38.0. The standard InChI is InChI=1S/C36H41Cl3N4O6/c1-4-40-34(47)30(44)28(19-23-15-16-41-32(23)45)42-33(46)29(18-21-13-14-26(38)27(39)17-21)43-35(48)49-31(22-9-6-5-7-10-22)36(2,3)24-11-8-12-25(37)20-24/h5-14,17,20,23,28-31,44H,4,15-16,18-19H2,1-3H3,(H,40,47)(H,41,45)(H,42,46)(H,43,48)/t23-,28-,29-,30?,31?/m0/s1. The van der Waals surface area contributed by atoms with Crippen LogP contribution in [0.5, 0.6) is 0 Å². The van der Waals surface area contributed by atoms with E-state index in [1.807, 2.05) is 62.4 Å². The van der Waals surface area contributed by atoms with E-state index < -0.39 is 53.5 Å². The van der Waals surface area contributed by atoms with Crippen LogP contribution in [0, 0.1) is 5.92 Å². The molecule has 13 heteroatoms. The summed E-state index contributed by atoms with van der Waals surface area (Å²) in [6.45, 7) is 6.25. The predicted molar refractivity (Wildman–Crippen MR) is 190 cm³/mol. The molecule has 1 fully saturated rings. The highest BCUT2D eigenvalue weighted by atomic mass is 35.5. The highest BCUT2D eigenvalue weighted by molar-refractivity contribution is 6.42. The monoisotopic (exact) mass is 730 g/mol. The Balaban J connectivity index is 1.63. The summed E-state index contributed by atoms with van der Waals surface area (Å²) in [5.74, 6) is -2.17. The smallest absolute Gasteiger partial charge is 0.408 e. The van der Waals surface area contributed by atoms with E-state index in [0.717, 1.165) is 5.56 Å².